The van der Waals surface area contributed by atoms with Crippen LogP contribution in [0, 0.1) is 0 Å². The number of rotatable bonds is 1. The van der Waals surface area contributed by atoms with Crippen molar-refractivity contribution in [1.82, 2.24) is 4.90 Å². The van der Waals surface area contributed by atoms with Crippen molar-refractivity contribution in [3.8, 4) is 0 Å². The molecule has 1 aliphatic rings. The summed E-state index contributed by atoms with van der Waals surface area (Å²) in [7, 11) is 0. The second kappa shape index (κ2) is 3.63. The van der Waals surface area contributed by atoms with E-state index < -0.39 is 23.4 Å². The molecular formula is C10H19FN2O2. The van der Waals surface area contributed by atoms with Crippen molar-refractivity contribution >= 4 is 6.09 Å². The Bertz CT molecular complexity index is 255. The lowest BCUT2D eigenvalue weighted by Gasteiger charge is -2.48. The molecule has 1 atom stereocenters. The summed E-state index contributed by atoms with van der Waals surface area (Å²) in [5, 5.41) is 0. The molecule has 0 radical (unpaired) electrons. The average molecular weight is 218 g/mol. The molecule has 4 nitrogen and oxygen atoms in total. The summed E-state index contributed by atoms with van der Waals surface area (Å²) >= 11 is 0. The second-order valence-corrected chi connectivity index (χ2v) is 5.19. The first kappa shape index (κ1) is 12.2. The normalized spacial score (nSPS) is 21.9. The van der Waals surface area contributed by atoms with E-state index in [0.29, 0.717) is 0 Å². The van der Waals surface area contributed by atoms with Crippen LogP contribution in [0.1, 0.15) is 27.7 Å². The van der Waals surface area contributed by atoms with Crippen molar-refractivity contribution in [2.24, 2.45) is 5.73 Å². The number of halogens is 1. The highest BCUT2D eigenvalue weighted by Crippen LogP contribution is 2.25. The summed E-state index contributed by atoms with van der Waals surface area (Å²) < 4.78 is 18.1. The Morgan fingerprint density at radius 3 is 2.33 bits per heavy atom. The predicted octanol–water partition coefficient (Wildman–Crippen LogP) is 1.29. The molecular weight excluding hydrogens is 199 g/mol. The Morgan fingerprint density at radius 2 is 2.00 bits per heavy atom. The van der Waals surface area contributed by atoms with Gasteiger partial charge in [0, 0.05) is 13.1 Å². The molecule has 1 heterocycles. The van der Waals surface area contributed by atoms with Crippen molar-refractivity contribution in [1.29, 1.82) is 0 Å². The van der Waals surface area contributed by atoms with E-state index in [9.17, 15) is 9.18 Å². The molecule has 1 rings (SSSR count). The van der Waals surface area contributed by atoms with Crippen LogP contribution in [0.3, 0.4) is 0 Å². The standard InChI is InChI=1S/C10H19FN2O2/c1-7(11)10(12)5-13(6-10)8(14)15-9(2,3)4/h7H,5-6,12H2,1-4H3. The molecule has 15 heavy (non-hydrogen) atoms. The van der Waals surface area contributed by atoms with Gasteiger partial charge in [-0.1, -0.05) is 0 Å². The van der Waals surface area contributed by atoms with Gasteiger partial charge in [0.05, 0.1) is 5.54 Å². The number of hydrogen-bond acceptors (Lipinski definition) is 3. The van der Waals surface area contributed by atoms with Gasteiger partial charge in [-0.2, -0.15) is 0 Å². The minimum absolute atomic E-state index is 0.222. The maximum absolute atomic E-state index is 13.0. The fourth-order valence-electron chi connectivity index (χ4n) is 1.37. The molecule has 88 valence electrons. The van der Waals surface area contributed by atoms with Crippen molar-refractivity contribution in [3.05, 3.63) is 0 Å². The zero-order chi connectivity index (χ0) is 11.9. The topological polar surface area (TPSA) is 55.6 Å². The lowest BCUT2D eigenvalue weighted by atomic mass is 9.87. The van der Waals surface area contributed by atoms with Crippen molar-refractivity contribution in [2.75, 3.05) is 13.1 Å². The van der Waals surface area contributed by atoms with Crippen LogP contribution in [0.25, 0.3) is 0 Å². The molecule has 5 heteroatoms. The molecule has 2 N–H and O–H groups in total. The minimum Gasteiger partial charge on any atom is -0.444 e. The van der Waals surface area contributed by atoms with Gasteiger partial charge in [-0.25, -0.2) is 9.18 Å². The summed E-state index contributed by atoms with van der Waals surface area (Å²) in [6, 6.07) is 0. The van der Waals surface area contributed by atoms with Crippen LogP contribution in [0.4, 0.5) is 9.18 Å². The number of carbonyl (C=O) groups excluding carboxylic acids is 1. The summed E-state index contributed by atoms with van der Waals surface area (Å²) in [5.74, 6) is 0. The third-order valence-electron chi connectivity index (χ3n) is 2.41. The van der Waals surface area contributed by atoms with Gasteiger partial charge in [-0.15, -0.1) is 0 Å². The van der Waals surface area contributed by atoms with Crippen LogP contribution in [0.15, 0.2) is 0 Å². The molecule has 1 amide bonds. The van der Waals surface area contributed by atoms with E-state index >= 15 is 0 Å². The van der Waals surface area contributed by atoms with Crippen LogP contribution in [0.2, 0.25) is 0 Å². The Kier molecular flexibility index (Phi) is 2.96. The monoisotopic (exact) mass is 218 g/mol. The SMILES string of the molecule is CC(F)C1(N)CN(C(=O)OC(C)(C)C)C1. The number of amides is 1. The van der Waals surface area contributed by atoms with Crippen molar-refractivity contribution in [3.63, 3.8) is 0 Å². The lowest BCUT2D eigenvalue weighted by molar-refractivity contribution is -0.0238. The molecule has 0 bridgehead atoms. The van der Waals surface area contributed by atoms with Crippen LogP contribution in [-0.4, -0.2) is 41.4 Å². The summed E-state index contributed by atoms with van der Waals surface area (Å²) in [5.41, 5.74) is 4.30. The van der Waals surface area contributed by atoms with Gasteiger partial charge in [-0.05, 0) is 27.7 Å². The highest BCUT2D eigenvalue weighted by atomic mass is 19.1. The zero-order valence-corrected chi connectivity index (χ0v) is 9.71. The fourth-order valence-corrected chi connectivity index (χ4v) is 1.37. The molecule has 0 aromatic rings. The van der Waals surface area contributed by atoms with Gasteiger partial charge in [-0.3, -0.25) is 0 Å². The van der Waals surface area contributed by atoms with E-state index in [2.05, 4.69) is 0 Å². The second-order valence-electron chi connectivity index (χ2n) is 5.19. The lowest BCUT2D eigenvalue weighted by Crippen LogP contribution is -2.72. The molecule has 0 aromatic heterocycles. The molecule has 0 aliphatic carbocycles. The summed E-state index contributed by atoms with van der Waals surface area (Å²) in [4.78, 5) is 12.9. The quantitative estimate of drug-likeness (QED) is 0.721. The van der Waals surface area contributed by atoms with Gasteiger partial charge in [0.25, 0.3) is 0 Å². The Morgan fingerprint density at radius 1 is 1.53 bits per heavy atom. The first-order valence-electron chi connectivity index (χ1n) is 5.05. The van der Waals surface area contributed by atoms with E-state index in [0.717, 1.165) is 0 Å². The van der Waals surface area contributed by atoms with Crippen molar-refractivity contribution < 1.29 is 13.9 Å². The van der Waals surface area contributed by atoms with Crippen LogP contribution in [-0.2, 0) is 4.74 Å². The largest absolute Gasteiger partial charge is 0.444 e. The molecule has 0 saturated carbocycles. The number of carbonyl (C=O) groups is 1. The maximum Gasteiger partial charge on any atom is 0.410 e. The molecule has 1 fully saturated rings. The van der Waals surface area contributed by atoms with Gasteiger partial charge in [0.2, 0.25) is 0 Å². The number of likely N-dealkylation sites (tertiary alicyclic amines) is 1. The first-order valence-corrected chi connectivity index (χ1v) is 5.05. The third kappa shape index (κ3) is 2.81. The van der Waals surface area contributed by atoms with Gasteiger partial charge in [0.1, 0.15) is 11.8 Å². The number of alkyl halides is 1. The average Bonchev–Trinajstić information content (AvgIpc) is 1.94. The Balaban J connectivity index is 2.42. The summed E-state index contributed by atoms with van der Waals surface area (Å²) in [6.45, 7) is 7.22. The highest BCUT2D eigenvalue weighted by Gasteiger charge is 2.47. The fraction of sp³-hybridized carbons (Fsp3) is 0.900. The van der Waals surface area contributed by atoms with E-state index in [4.69, 9.17) is 10.5 Å². The number of ether oxygens (including phenoxy) is 1. The predicted molar refractivity (Wildman–Crippen MR) is 55.3 cm³/mol. The Labute approximate surface area is 89.6 Å². The van der Waals surface area contributed by atoms with Gasteiger partial charge in [0.15, 0.2) is 0 Å². The van der Waals surface area contributed by atoms with E-state index in [1.54, 1.807) is 20.8 Å². The molecule has 0 aromatic carbocycles. The first-order chi connectivity index (χ1) is 6.64. The van der Waals surface area contributed by atoms with E-state index in [-0.39, 0.29) is 13.1 Å². The highest BCUT2D eigenvalue weighted by molar-refractivity contribution is 5.69. The number of nitrogens with two attached hydrogens (primary N) is 1. The smallest absolute Gasteiger partial charge is 0.410 e. The zero-order valence-electron chi connectivity index (χ0n) is 9.71. The van der Waals surface area contributed by atoms with Crippen LogP contribution < -0.4 is 5.73 Å². The Hall–Kier alpha value is -0.840. The van der Waals surface area contributed by atoms with E-state index in [1.165, 1.54) is 11.8 Å². The van der Waals surface area contributed by atoms with Crippen LogP contribution >= 0.6 is 0 Å². The summed E-state index contributed by atoms with van der Waals surface area (Å²) in [6.07, 6.45) is -1.54. The maximum atomic E-state index is 13.0. The minimum atomic E-state index is -1.11. The number of nitrogens with zero attached hydrogens (tertiary/aromatic N) is 1. The molecule has 1 saturated heterocycles. The molecule has 0 spiro atoms. The van der Waals surface area contributed by atoms with Crippen molar-refractivity contribution in [2.45, 2.75) is 45.0 Å². The number of hydrogen-bond donors (Lipinski definition) is 1. The van der Waals surface area contributed by atoms with Gasteiger partial charge < -0.3 is 15.4 Å². The van der Waals surface area contributed by atoms with E-state index in [1.807, 2.05) is 0 Å². The third-order valence-corrected chi connectivity index (χ3v) is 2.41. The van der Waals surface area contributed by atoms with Crippen LogP contribution in [0.5, 0.6) is 0 Å². The van der Waals surface area contributed by atoms with Gasteiger partial charge >= 0.3 is 6.09 Å². The molecule has 1 unspecified atom stereocenters. The molecule has 1 aliphatic heterocycles.